The van der Waals surface area contributed by atoms with Crippen LogP contribution in [0.5, 0.6) is 0 Å². The summed E-state index contributed by atoms with van der Waals surface area (Å²) < 4.78 is 6.14. The zero-order valence-corrected chi connectivity index (χ0v) is 12.8. The first-order chi connectivity index (χ1) is 8.56. The minimum atomic E-state index is -0.277. The highest BCUT2D eigenvalue weighted by Gasteiger charge is 2.06. The van der Waals surface area contributed by atoms with Gasteiger partial charge in [0.1, 0.15) is 5.58 Å². The number of rotatable bonds is 4. The number of thioether (sulfide) groups is 1. The quantitative estimate of drug-likeness (QED) is 0.778. The summed E-state index contributed by atoms with van der Waals surface area (Å²) in [6.07, 6.45) is 0. The van der Waals surface area contributed by atoms with Gasteiger partial charge in [-0.05, 0) is 35.4 Å². The van der Waals surface area contributed by atoms with E-state index in [2.05, 4.69) is 29.8 Å². The third kappa shape index (κ3) is 3.39. The van der Waals surface area contributed by atoms with E-state index in [1.807, 2.05) is 30.0 Å². The molecule has 0 spiro atoms. The largest absolute Gasteiger partial charge is 0.423 e. The first-order valence-corrected chi connectivity index (χ1v) is 7.81. The van der Waals surface area contributed by atoms with E-state index in [-0.39, 0.29) is 5.63 Å². The van der Waals surface area contributed by atoms with E-state index in [9.17, 15) is 4.79 Å². The van der Waals surface area contributed by atoms with Crippen LogP contribution in [0.15, 0.2) is 37.9 Å². The van der Waals surface area contributed by atoms with Crippen LogP contribution in [-0.4, -0.2) is 5.75 Å². The van der Waals surface area contributed by atoms with E-state index < -0.39 is 0 Å². The Labute approximate surface area is 119 Å². The molecule has 0 fully saturated rings. The van der Waals surface area contributed by atoms with Gasteiger partial charge < -0.3 is 4.42 Å². The SMILES string of the molecule is CC(C)CSCc1cc(=O)oc2cc(Br)ccc12. The van der Waals surface area contributed by atoms with Crippen LogP contribution in [0.25, 0.3) is 11.0 Å². The van der Waals surface area contributed by atoms with Crippen LogP contribution >= 0.6 is 27.7 Å². The number of hydrogen-bond acceptors (Lipinski definition) is 3. The Kier molecular flexibility index (Phi) is 4.51. The summed E-state index contributed by atoms with van der Waals surface area (Å²) in [6.45, 7) is 4.39. The van der Waals surface area contributed by atoms with Gasteiger partial charge in [0, 0.05) is 21.7 Å². The number of hydrogen-bond donors (Lipinski definition) is 0. The lowest BCUT2D eigenvalue weighted by Gasteiger charge is -2.07. The van der Waals surface area contributed by atoms with Crippen molar-refractivity contribution in [2.75, 3.05) is 5.75 Å². The zero-order chi connectivity index (χ0) is 13.1. The van der Waals surface area contributed by atoms with Crippen molar-refractivity contribution in [3.05, 3.63) is 44.7 Å². The number of benzene rings is 1. The Morgan fingerprint density at radius 1 is 1.33 bits per heavy atom. The molecule has 2 nitrogen and oxygen atoms in total. The molecule has 1 aromatic carbocycles. The van der Waals surface area contributed by atoms with E-state index in [1.54, 1.807) is 6.07 Å². The molecule has 0 amide bonds. The molecule has 0 aliphatic rings. The third-order valence-corrected chi connectivity index (χ3v) is 4.41. The van der Waals surface area contributed by atoms with Crippen LogP contribution in [0.3, 0.4) is 0 Å². The van der Waals surface area contributed by atoms with Gasteiger partial charge in [-0.1, -0.05) is 29.8 Å². The molecule has 2 rings (SSSR count). The molecule has 4 heteroatoms. The van der Waals surface area contributed by atoms with Gasteiger partial charge >= 0.3 is 5.63 Å². The topological polar surface area (TPSA) is 30.2 Å². The maximum Gasteiger partial charge on any atom is 0.336 e. The summed E-state index contributed by atoms with van der Waals surface area (Å²) >= 11 is 5.24. The highest BCUT2D eigenvalue weighted by molar-refractivity contribution is 9.10. The lowest BCUT2D eigenvalue weighted by atomic mass is 10.1. The summed E-state index contributed by atoms with van der Waals surface area (Å²) in [6, 6.07) is 7.41. The van der Waals surface area contributed by atoms with Crippen LogP contribution in [0, 0.1) is 5.92 Å². The fraction of sp³-hybridized carbons (Fsp3) is 0.357. The van der Waals surface area contributed by atoms with E-state index in [1.165, 1.54) is 0 Å². The minimum absolute atomic E-state index is 0.277. The van der Waals surface area contributed by atoms with Gasteiger partial charge in [-0.3, -0.25) is 0 Å². The van der Waals surface area contributed by atoms with Gasteiger partial charge in [-0.2, -0.15) is 11.8 Å². The number of halogens is 1. The maximum atomic E-state index is 11.5. The second-order valence-electron chi connectivity index (χ2n) is 4.64. The Morgan fingerprint density at radius 2 is 2.11 bits per heavy atom. The van der Waals surface area contributed by atoms with E-state index in [0.29, 0.717) is 11.5 Å². The van der Waals surface area contributed by atoms with Crippen molar-refractivity contribution >= 4 is 38.7 Å². The highest BCUT2D eigenvalue weighted by atomic mass is 79.9. The first kappa shape index (κ1) is 13.7. The maximum absolute atomic E-state index is 11.5. The predicted octanol–water partition coefficient (Wildman–Crippen LogP) is 4.44. The molecule has 0 aliphatic heterocycles. The van der Waals surface area contributed by atoms with E-state index >= 15 is 0 Å². The monoisotopic (exact) mass is 326 g/mol. The lowest BCUT2D eigenvalue weighted by molar-refractivity contribution is 0.559. The minimum Gasteiger partial charge on any atom is -0.423 e. The summed E-state index contributed by atoms with van der Waals surface area (Å²) in [4.78, 5) is 11.5. The normalized spacial score (nSPS) is 11.3. The fourth-order valence-electron chi connectivity index (χ4n) is 1.73. The van der Waals surface area contributed by atoms with Crippen molar-refractivity contribution in [3.8, 4) is 0 Å². The second kappa shape index (κ2) is 5.93. The molecule has 0 saturated heterocycles. The fourth-order valence-corrected chi connectivity index (χ4v) is 3.12. The van der Waals surface area contributed by atoms with Crippen LogP contribution in [0.4, 0.5) is 0 Å². The molecule has 18 heavy (non-hydrogen) atoms. The van der Waals surface area contributed by atoms with Crippen molar-refractivity contribution in [1.29, 1.82) is 0 Å². The zero-order valence-electron chi connectivity index (χ0n) is 10.4. The molecular formula is C14H15BrO2S. The predicted molar refractivity (Wildman–Crippen MR) is 81.2 cm³/mol. The van der Waals surface area contributed by atoms with Gasteiger partial charge in [0.05, 0.1) is 0 Å². The van der Waals surface area contributed by atoms with Crippen molar-refractivity contribution in [3.63, 3.8) is 0 Å². The summed E-state index contributed by atoms with van der Waals surface area (Å²) in [5, 5.41) is 1.02. The Bertz CT molecular complexity index is 604. The number of fused-ring (bicyclic) bond motifs is 1. The molecule has 0 atom stereocenters. The standard InChI is InChI=1S/C14H15BrO2S/c1-9(2)7-18-8-10-5-14(16)17-13-6-11(15)3-4-12(10)13/h3-6,9H,7-8H2,1-2H3. The smallest absolute Gasteiger partial charge is 0.336 e. The molecule has 96 valence electrons. The molecule has 1 aromatic heterocycles. The molecule has 0 radical (unpaired) electrons. The Morgan fingerprint density at radius 3 is 2.83 bits per heavy atom. The van der Waals surface area contributed by atoms with Crippen molar-refractivity contribution in [2.45, 2.75) is 19.6 Å². The van der Waals surface area contributed by atoms with Gasteiger partial charge in [0.2, 0.25) is 0 Å². The van der Waals surface area contributed by atoms with Gasteiger partial charge in [0.25, 0.3) is 0 Å². The van der Waals surface area contributed by atoms with Gasteiger partial charge in [0.15, 0.2) is 0 Å². The lowest BCUT2D eigenvalue weighted by Crippen LogP contribution is -2.00. The Balaban J connectivity index is 2.34. The second-order valence-corrected chi connectivity index (χ2v) is 6.59. The Hall–Kier alpha value is -0.740. The molecule has 0 aliphatic carbocycles. The van der Waals surface area contributed by atoms with Crippen molar-refractivity contribution in [2.24, 2.45) is 5.92 Å². The molecule has 0 unspecified atom stereocenters. The van der Waals surface area contributed by atoms with Gasteiger partial charge in [-0.15, -0.1) is 0 Å². The van der Waals surface area contributed by atoms with Crippen LogP contribution < -0.4 is 5.63 Å². The van der Waals surface area contributed by atoms with E-state index in [4.69, 9.17) is 4.42 Å². The average Bonchev–Trinajstić information content (AvgIpc) is 2.27. The summed E-state index contributed by atoms with van der Waals surface area (Å²) in [7, 11) is 0. The van der Waals surface area contributed by atoms with Crippen LogP contribution in [0.1, 0.15) is 19.4 Å². The van der Waals surface area contributed by atoms with Crippen LogP contribution in [0.2, 0.25) is 0 Å². The molecule has 1 heterocycles. The molecular weight excluding hydrogens is 312 g/mol. The molecule has 0 N–H and O–H groups in total. The first-order valence-electron chi connectivity index (χ1n) is 5.86. The third-order valence-electron chi connectivity index (χ3n) is 2.50. The highest BCUT2D eigenvalue weighted by Crippen LogP contribution is 2.25. The summed E-state index contributed by atoms with van der Waals surface area (Å²) in [5.41, 5.74) is 1.43. The molecule has 2 aromatic rings. The summed E-state index contributed by atoms with van der Waals surface area (Å²) in [5.74, 6) is 2.61. The van der Waals surface area contributed by atoms with Crippen molar-refractivity contribution in [1.82, 2.24) is 0 Å². The van der Waals surface area contributed by atoms with Gasteiger partial charge in [-0.25, -0.2) is 4.79 Å². The van der Waals surface area contributed by atoms with Crippen LogP contribution in [-0.2, 0) is 5.75 Å². The molecule has 0 saturated carbocycles. The average molecular weight is 327 g/mol. The van der Waals surface area contributed by atoms with Crippen molar-refractivity contribution < 1.29 is 4.42 Å². The molecule has 0 bridgehead atoms. The van der Waals surface area contributed by atoms with E-state index in [0.717, 1.165) is 26.9 Å².